The van der Waals surface area contributed by atoms with Crippen molar-refractivity contribution in [3.8, 4) is 12.3 Å². The summed E-state index contributed by atoms with van der Waals surface area (Å²) < 4.78 is 5.43. The average molecular weight is 306 g/mol. The molecule has 122 valence electrons. The number of allylic oxidation sites excluding steroid dienone is 1. The predicted octanol–water partition coefficient (Wildman–Crippen LogP) is 1.86. The molecule has 0 saturated heterocycles. The molecule has 5 nitrogen and oxygen atoms in total. The molecule has 1 heterocycles. The van der Waals surface area contributed by atoms with Crippen LogP contribution in [0.15, 0.2) is 24.4 Å². The minimum atomic E-state index is -0.0852. The molecule has 0 fully saturated rings. The van der Waals surface area contributed by atoms with E-state index in [0.717, 1.165) is 18.7 Å². The summed E-state index contributed by atoms with van der Waals surface area (Å²) in [7, 11) is 0. The number of ether oxygens (including phenoxy) is 1. The Morgan fingerprint density at radius 1 is 1.41 bits per heavy atom. The van der Waals surface area contributed by atoms with Gasteiger partial charge in [0.1, 0.15) is 0 Å². The van der Waals surface area contributed by atoms with Gasteiger partial charge in [-0.05, 0) is 12.5 Å². The zero-order valence-corrected chi connectivity index (χ0v) is 13.6. The molecule has 0 aromatic heterocycles. The van der Waals surface area contributed by atoms with E-state index in [1.54, 1.807) is 17.1 Å². The number of nitrogens with one attached hydrogen (secondary N) is 1. The molecule has 1 aliphatic heterocycles. The number of unbranched alkanes of at least 4 members (excludes halogenated alkanes) is 2. The largest absolute Gasteiger partial charge is 0.380 e. The van der Waals surface area contributed by atoms with Crippen molar-refractivity contribution in [3.05, 3.63) is 24.4 Å². The van der Waals surface area contributed by atoms with Crippen molar-refractivity contribution in [1.82, 2.24) is 10.2 Å². The molecule has 0 aromatic rings. The number of amides is 2. The van der Waals surface area contributed by atoms with Crippen LogP contribution in [0.3, 0.4) is 0 Å². The number of nitrogens with zero attached hydrogens (tertiary/aromatic N) is 1. The molecular formula is C17H26N2O3. The van der Waals surface area contributed by atoms with E-state index in [-0.39, 0.29) is 11.8 Å². The second-order valence-electron chi connectivity index (χ2n) is 4.75. The molecule has 1 aliphatic rings. The van der Waals surface area contributed by atoms with Crippen LogP contribution in [0.5, 0.6) is 0 Å². The van der Waals surface area contributed by atoms with Crippen LogP contribution in [-0.4, -0.2) is 43.0 Å². The minimum Gasteiger partial charge on any atom is -0.380 e. The maximum atomic E-state index is 11.3. The molecule has 1 N–H and O–H groups in total. The van der Waals surface area contributed by atoms with Gasteiger partial charge in [0.25, 0.3) is 5.91 Å². The Hall–Kier alpha value is -2.06. The number of carbonyl (C=O) groups is 2. The second kappa shape index (κ2) is 12.7. The molecule has 0 saturated carbocycles. The highest BCUT2D eigenvalue weighted by molar-refractivity contribution is 5.92. The second-order valence-corrected chi connectivity index (χ2v) is 4.75. The number of carbonyl (C=O) groups excluding carboxylic acids is 2. The van der Waals surface area contributed by atoms with E-state index in [1.165, 1.54) is 19.8 Å². The van der Waals surface area contributed by atoms with Gasteiger partial charge in [0.05, 0.1) is 13.2 Å². The van der Waals surface area contributed by atoms with E-state index in [0.29, 0.717) is 19.7 Å². The summed E-state index contributed by atoms with van der Waals surface area (Å²) >= 11 is 0. The molecule has 0 bridgehead atoms. The van der Waals surface area contributed by atoms with Gasteiger partial charge in [-0.15, -0.1) is 6.42 Å². The smallest absolute Gasteiger partial charge is 0.251 e. The first-order valence-corrected chi connectivity index (χ1v) is 7.47. The Balaban J connectivity index is 0.000000534. The van der Waals surface area contributed by atoms with Crippen molar-refractivity contribution in [2.75, 3.05) is 26.3 Å². The standard InChI is InChI=1S/C12H19NO2.C5H7NO/c1-3-4-5-9-15-10-8-13-11(2)6-7-12(13)14;1-3-4-6-5(2)7/h6-7H,2-5,8-10H2,1H3;1H,4H2,2H3,(H,6,7). The third kappa shape index (κ3) is 9.78. The summed E-state index contributed by atoms with van der Waals surface area (Å²) in [5, 5.41) is 2.42. The molecule has 2 amide bonds. The summed E-state index contributed by atoms with van der Waals surface area (Å²) in [6.07, 6.45) is 11.6. The summed E-state index contributed by atoms with van der Waals surface area (Å²) in [4.78, 5) is 22.9. The van der Waals surface area contributed by atoms with Gasteiger partial charge in [-0.25, -0.2) is 0 Å². The van der Waals surface area contributed by atoms with Crippen molar-refractivity contribution >= 4 is 11.8 Å². The molecule has 0 spiro atoms. The zero-order chi connectivity index (χ0) is 16.8. The fourth-order valence-electron chi connectivity index (χ4n) is 1.63. The van der Waals surface area contributed by atoms with Gasteiger partial charge in [0.2, 0.25) is 5.91 Å². The number of hydrogen-bond donors (Lipinski definition) is 1. The van der Waals surface area contributed by atoms with Crippen LogP contribution in [0, 0.1) is 12.3 Å². The van der Waals surface area contributed by atoms with Crippen molar-refractivity contribution < 1.29 is 14.3 Å². The molecule has 0 unspecified atom stereocenters. The van der Waals surface area contributed by atoms with E-state index in [1.807, 2.05) is 0 Å². The van der Waals surface area contributed by atoms with Crippen LogP contribution >= 0.6 is 0 Å². The van der Waals surface area contributed by atoms with Crippen LogP contribution in [0.25, 0.3) is 0 Å². The molecule has 22 heavy (non-hydrogen) atoms. The molecular weight excluding hydrogens is 280 g/mol. The molecule has 5 heteroatoms. The van der Waals surface area contributed by atoms with E-state index in [4.69, 9.17) is 11.2 Å². The van der Waals surface area contributed by atoms with Crippen LogP contribution in [0.2, 0.25) is 0 Å². The normalized spacial score (nSPS) is 12.7. The maximum Gasteiger partial charge on any atom is 0.251 e. The van der Waals surface area contributed by atoms with E-state index in [2.05, 4.69) is 24.7 Å². The number of rotatable bonds is 8. The Kier molecular flexibility index (Phi) is 11.5. The van der Waals surface area contributed by atoms with Crippen LogP contribution in [0.1, 0.15) is 33.1 Å². The lowest BCUT2D eigenvalue weighted by Gasteiger charge is -2.16. The first kappa shape index (κ1) is 19.9. The average Bonchev–Trinajstić information content (AvgIpc) is 2.80. The highest BCUT2D eigenvalue weighted by atomic mass is 16.5. The Bertz CT molecular complexity index is 418. The summed E-state index contributed by atoms with van der Waals surface area (Å²) in [6, 6.07) is 0. The summed E-state index contributed by atoms with van der Waals surface area (Å²) in [6.45, 7) is 9.69. The monoisotopic (exact) mass is 306 g/mol. The van der Waals surface area contributed by atoms with Crippen molar-refractivity contribution in [1.29, 1.82) is 0 Å². The lowest BCUT2D eigenvalue weighted by Crippen LogP contribution is -2.27. The maximum absolute atomic E-state index is 11.3. The Morgan fingerprint density at radius 3 is 2.59 bits per heavy atom. The SMILES string of the molecule is C#CCNC(C)=O.C=C1C=CC(=O)N1CCOCCCCC. The third-order valence-corrected chi connectivity index (χ3v) is 2.82. The van der Waals surface area contributed by atoms with Gasteiger partial charge in [-0.2, -0.15) is 0 Å². The molecule has 0 aromatic carbocycles. The predicted molar refractivity (Wildman–Crippen MR) is 87.9 cm³/mol. The highest BCUT2D eigenvalue weighted by Crippen LogP contribution is 2.11. The lowest BCUT2D eigenvalue weighted by atomic mass is 10.3. The quantitative estimate of drug-likeness (QED) is 0.550. The van der Waals surface area contributed by atoms with E-state index in [9.17, 15) is 9.59 Å². The van der Waals surface area contributed by atoms with Gasteiger partial charge in [0, 0.05) is 31.8 Å². The van der Waals surface area contributed by atoms with Gasteiger partial charge in [0.15, 0.2) is 0 Å². The Morgan fingerprint density at radius 2 is 2.14 bits per heavy atom. The molecule has 0 radical (unpaired) electrons. The molecule has 0 aliphatic carbocycles. The third-order valence-electron chi connectivity index (χ3n) is 2.82. The van der Waals surface area contributed by atoms with Crippen LogP contribution < -0.4 is 5.32 Å². The number of hydrogen-bond acceptors (Lipinski definition) is 3. The minimum absolute atomic E-state index is 0.0113. The van der Waals surface area contributed by atoms with Crippen molar-refractivity contribution in [3.63, 3.8) is 0 Å². The fraction of sp³-hybridized carbons (Fsp3) is 0.529. The molecule has 1 rings (SSSR count). The van der Waals surface area contributed by atoms with Crippen molar-refractivity contribution in [2.24, 2.45) is 0 Å². The highest BCUT2D eigenvalue weighted by Gasteiger charge is 2.17. The van der Waals surface area contributed by atoms with E-state index >= 15 is 0 Å². The fourth-order valence-corrected chi connectivity index (χ4v) is 1.63. The topological polar surface area (TPSA) is 58.6 Å². The van der Waals surface area contributed by atoms with Crippen LogP contribution in [0.4, 0.5) is 0 Å². The Labute approximate surface area is 133 Å². The first-order chi connectivity index (χ1) is 10.5. The lowest BCUT2D eigenvalue weighted by molar-refractivity contribution is -0.124. The summed E-state index contributed by atoms with van der Waals surface area (Å²) in [5.41, 5.74) is 0.761. The van der Waals surface area contributed by atoms with Gasteiger partial charge < -0.3 is 15.0 Å². The van der Waals surface area contributed by atoms with Gasteiger partial charge in [-0.3, -0.25) is 9.59 Å². The first-order valence-electron chi connectivity index (χ1n) is 7.47. The summed E-state index contributed by atoms with van der Waals surface area (Å²) in [5.74, 6) is 2.19. The van der Waals surface area contributed by atoms with E-state index < -0.39 is 0 Å². The van der Waals surface area contributed by atoms with Gasteiger partial charge in [-0.1, -0.05) is 32.3 Å². The van der Waals surface area contributed by atoms with Crippen molar-refractivity contribution in [2.45, 2.75) is 33.1 Å². The van der Waals surface area contributed by atoms with Crippen LogP contribution in [-0.2, 0) is 14.3 Å². The molecule has 0 atom stereocenters. The number of terminal acetylenes is 1. The van der Waals surface area contributed by atoms with Gasteiger partial charge >= 0.3 is 0 Å². The zero-order valence-electron chi connectivity index (χ0n) is 13.6.